The lowest BCUT2D eigenvalue weighted by atomic mass is 10.2. The van der Waals surface area contributed by atoms with Crippen LogP contribution in [0.25, 0.3) is 5.69 Å². The Hall–Kier alpha value is -3.78. The number of anilines is 2. The standard InChI is InChI=1S/C26H27N5O2S/c1-19-9-7-8-12-23(19)33-17-24-28-29-26(31(24)22-10-5-4-6-11-22)34-18-25(32)27-20-13-15-21(16-14-20)30(2)3/h4-16H,17-18H2,1-3H3,(H,27,32). The molecule has 0 saturated heterocycles. The SMILES string of the molecule is Cc1ccccc1OCc1nnc(SCC(=O)Nc2ccc(N(C)C)cc2)n1-c1ccccc1. The van der Waals surface area contributed by atoms with Crippen molar-refractivity contribution in [1.82, 2.24) is 14.8 Å². The van der Waals surface area contributed by atoms with Crippen molar-refractivity contribution in [3.8, 4) is 11.4 Å². The molecule has 1 aromatic heterocycles. The van der Waals surface area contributed by atoms with Gasteiger partial charge in [0.1, 0.15) is 12.4 Å². The number of carbonyl (C=O) groups excluding carboxylic acids is 1. The Kier molecular flexibility index (Phi) is 7.49. The van der Waals surface area contributed by atoms with Crippen molar-refractivity contribution in [2.45, 2.75) is 18.7 Å². The van der Waals surface area contributed by atoms with E-state index in [0.717, 1.165) is 28.4 Å². The van der Waals surface area contributed by atoms with E-state index in [1.807, 2.05) is 109 Å². The van der Waals surface area contributed by atoms with E-state index in [1.54, 1.807) is 0 Å². The number of aryl methyl sites for hydroxylation is 1. The van der Waals surface area contributed by atoms with Crippen LogP contribution in [0.4, 0.5) is 11.4 Å². The van der Waals surface area contributed by atoms with E-state index in [0.29, 0.717) is 11.0 Å². The van der Waals surface area contributed by atoms with Gasteiger partial charge in [-0.05, 0) is 55.0 Å². The second-order valence-electron chi connectivity index (χ2n) is 7.90. The third-order valence-electron chi connectivity index (χ3n) is 5.16. The van der Waals surface area contributed by atoms with Crippen molar-refractivity contribution < 1.29 is 9.53 Å². The minimum atomic E-state index is -0.108. The van der Waals surface area contributed by atoms with Gasteiger partial charge in [-0.1, -0.05) is 48.2 Å². The van der Waals surface area contributed by atoms with Gasteiger partial charge in [-0.3, -0.25) is 9.36 Å². The van der Waals surface area contributed by atoms with Crippen LogP contribution in [0.3, 0.4) is 0 Å². The van der Waals surface area contributed by atoms with Crippen LogP contribution < -0.4 is 15.0 Å². The third-order valence-corrected chi connectivity index (χ3v) is 6.09. The average Bonchev–Trinajstić information content (AvgIpc) is 3.26. The molecule has 0 radical (unpaired) electrons. The molecular formula is C26H27N5O2S. The van der Waals surface area contributed by atoms with Crippen LogP contribution in [0, 0.1) is 6.92 Å². The second-order valence-corrected chi connectivity index (χ2v) is 8.84. The van der Waals surface area contributed by atoms with Crippen molar-refractivity contribution in [1.29, 1.82) is 0 Å². The fourth-order valence-corrected chi connectivity index (χ4v) is 4.13. The first kappa shape index (κ1) is 23.4. The summed E-state index contributed by atoms with van der Waals surface area (Å²) in [5, 5.41) is 12.3. The molecule has 0 atom stereocenters. The second kappa shape index (κ2) is 10.9. The van der Waals surface area contributed by atoms with Crippen molar-refractivity contribution in [2.24, 2.45) is 0 Å². The molecule has 4 aromatic rings. The summed E-state index contributed by atoms with van der Waals surface area (Å²) >= 11 is 1.34. The fourth-order valence-electron chi connectivity index (χ4n) is 3.35. The van der Waals surface area contributed by atoms with Gasteiger partial charge < -0.3 is 15.0 Å². The normalized spacial score (nSPS) is 10.7. The first-order valence-corrected chi connectivity index (χ1v) is 11.9. The molecule has 34 heavy (non-hydrogen) atoms. The zero-order valence-electron chi connectivity index (χ0n) is 19.4. The largest absolute Gasteiger partial charge is 0.485 e. The van der Waals surface area contributed by atoms with Crippen LogP contribution in [0.2, 0.25) is 0 Å². The fraction of sp³-hybridized carbons (Fsp3) is 0.192. The molecule has 0 aliphatic heterocycles. The lowest BCUT2D eigenvalue weighted by Gasteiger charge is -2.13. The van der Waals surface area contributed by atoms with E-state index in [2.05, 4.69) is 15.5 Å². The van der Waals surface area contributed by atoms with Gasteiger partial charge in [-0.2, -0.15) is 0 Å². The van der Waals surface area contributed by atoms with E-state index < -0.39 is 0 Å². The minimum absolute atomic E-state index is 0.108. The summed E-state index contributed by atoms with van der Waals surface area (Å²) in [4.78, 5) is 14.6. The van der Waals surface area contributed by atoms with Gasteiger partial charge >= 0.3 is 0 Å². The molecule has 0 saturated carbocycles. The number of thioether (sulfide) groups is 1. The maximum atomic E-state index is 12.6. The zero-order valence-corrected chi connectivity index (χ0v) is 20.2. The zero-order chi connectivity index (χ0) is 23.9. The maximum absolute atomic E-state index is 12.6. The summed E-state index contributed by atoms with van der Waals surface area (Å²) < 4.78 is 7.95. The number of para-hydroxylation sites is 2. The lowest BCUT2D eigenvalue weighted by molar-refractivity contribution is -0.113. The Morgan fingerprint density at radius 1 is 0.971 bits per heavy atom. The third kappa shape index (κ3) is 5.77. The number of hydrogen-bond acceptors (Lipinski definition) is 6. The summed E-state index contributed by atoms with van der Waals surface area (Å²) in [6, 6.07) is 25.4. The molecular weight excluding hydrogens is 446 g/mol. The first-order valence-electron chi connectivity index (χ1n) is 10.9. The molecule has 1 heterocycles. The molecule has 0 unspecified atom stereocenters. The van der Waals surface area contributed by atoms with Crippen LogP contribution in [0.5, 0.6) is 5.75 Å². The smallest absolute Gasteiger partial charge is 0.234 e. The van der Waals surface area contributed by atoms with Crippen molar-refractivity contribution in [3.63, 3.8) is 0 Å². The van der Waals surface area contributed by atoms with Crippen molar-refractivity contribution in [2.75, 3.05) is 30.1 Å². The molecule has 1 N–H and O–H groups in total. The maximum Gasteiger partial charge on any atom is 0.234 e. The summed E-state index contributed by atoms with van der Waals surface area (Å²) in [6.07, 6.45) is 0. The number of aromatic nitrogens is 3. The molecule has 1 amide bonds. The number of benzene rings is 3. The highest BCUT2D eigenvalue weighted by molar-refractivity contribution is 7.99. The number of carbonyl (C=O) groups is 1. The van der Waals surface area contributed by atoms with E-state index in [1.165, 1.54) is 11.8 Å². The molecule has 8 heteroatoms. The predicted octanol–water partition coefficient (Wildman–Crippen LogP) is 4.95. The molecule has 7 nitrogen and oxygen atoms in total. The number of amides is 1. The van der Waals surface area contributed by atoms with E-state index in [-0.39, 0.29) is 18.3 Å². The van der Waals surface area contributed by atoms with Crippen LogP contribution >= 0.6 is 11.8 Å². The van der Waals surface area contributed by atoms with Crippen LogP contribution in [0.15, 0.2) is 84.0 Å². The molecule has 0 aliphatic carbocycles. The van der Waals surface area contributed by atoms with Crippen LogP contribution in [0.1, 0.15) is 11.4 Å². The summed E-state index contributed by atoms with van der Waals surface area (Å²) in [6.45, 7) is 2.27. The quantitative estimate of drug-likeness (QED) is 0.347. The van der Waals surface area contributed by atoms with Gasteiger partial charge in [0.05, 0.1) is 5.75 Å². The lowest BCUT2D eigenvalue weighted by Crippen LogP contribution is -2.15. The predicted molar refractivity (Wildman–Crippen MR) is 137 cm³/mol. The average molecular weight is 474 g/mol. The molecule has 4 rings (SSSR count). The number of nitrogens with one attached hydrogen (secondary N) is 1. The molecule has 3 aromatic carbocycles. The van der Waals surface area contributed by atoms with Gasteiger partial charge in [0.15, 0.2) is 11.0 Å². The Bertz CT molecular complexity index is 1240. The van der Waals surface area contributed by atoms with E-state index in [4.69, 9.17) is 4.74 Å². The highest BCUT2D eigenvalue weighted by Gasteiger charge is 2.17. The molecule has 0 spiro atoms. The summed E-state index contributed by atoms with van der Waals surface area (Å²) in [5.41, 5.74) is 3.80. The van der Waals surface area contributed by atoms with Gasteiger partial charge in [0.25, 0.3) is 0 Å². The molecule has 0 aliphatic rings. The molecule has 174 valence electrons. The topological polar surface area (TPSA) is 72.3 Å². The molecule has 0 bridgehead atoms. The van der Waals surface area contributed by atoms with Gasteiger partial charge in [-0.15, -0.1) is 10.2 Å². The van der Waals surface area contributed by atoms with Crippen LogP contribution in [-0.4, -0.2) is 40.5 Å². The van der Waals surface area contributed by atoms with Gasteiger partial charge in [0.2, 0.25) is 5.91 Å². The van der Waals surface area contributed by atoms with E-state index >= 15 is 0 Å². The monoisotopic (exact) mass is 473 g/mol. The number of nitrogens with zero attached hydrogens (tertiary/aromatic N) is 4. The minimum Gasteiger partial charge on any atom is -0.485 e. The van der Waals surface area contributed by atoms with Crippen molar-refractivity contribution in [3.05, 3.63) is 90.3 Å². The Morgan fingerprint density at radius 3 is 2.38 bits per heavy atom. The van der Waals surface area contributed by atoms with Gasteiger partial charge in [0, 0.05) is 31.2 Å². The number of hydrogen-bond donors (Lipinski definition) is 1. The number of rotatable bonds is 9. The van der Waals surface area contributed by atoms with E-state index in [9.17, 15) is 4.79 Å². The van der Waals surface area contributed by atoms with Crippen molar-refractivity contribution >= 4 is 29.0 Å². The number of ether oxygens (including phenoxy) is 1. The van der Waals surface area contributed by atoms with Gasteiger partial charge in [-0.25, -0.2) is 0 Å². The Morgan fingerprint density at radius 2 is 1.68 bits per heavy atom. The first-order chi connectivity index (χ1) is 16.5. The summed E-state index contributed by atoms with van der Waals surface area (Å²) in [5.74, 6) is 1.57. The summed E-state index contributed by atoms with van der Waals surface area (Å²) in [7, 11) is 3.96. The van der Waals surface area contributed by atoms with Crippen LogP contribution in [-0.2, 0) is 11.4 Å². The molecule has 0 fully saturated rings. The Labute approximate surface area is 203 Å². The highest BCUT2D eigenvalue weighted by Crippen LogP contribution is 2.24. The highest BCUT2D eigenvalue weighted by atomic mass is 32.2. The Balaban J connectivity index is 1.46.